The van der Waals surface area contributed by atoms with E-state index in [1.165, 1.54) is 0 Å². The first-order valence-corrected chi connectivity index (χ1v) is 5.18. The smallest absolute Gasteiger partial charge is 0.312 e. The second kappa shape index (κ2) is 6.07. The van der Waals surface area contributed by atoms with Crippen LogP contribution in [0.15, 0.2) is 0 Å². The summed E-state index contributed by atoms with van der Waals surface area (Å²) in [5, 5.41) is 47.8. The Bertz CT molecular complexity index is 322. The number of aliphatic carboxylic acids is 1. The topological polar surface area (TPSA) is 157 Å². The van der Waals surface area contributed by atoms with Crippen LogP contribution in [0.5, 0.6) is 0 Å². The van der Waals surface area contributed by atoms with E-state index in [2.05, 4.69) is 0 Å². The molecule has 0 radical (unpaired) electrons. The zero-order chi connectivity index (χ0) is 13.9. The van der Waals surface area contributed by atoms with Gasteiger partial charge in [-0.15, -0.1) is 0 Å². The third-order valence-electron chi connectivity index (χ3n) is 2.54. The fraction of sp³-hybridized carbons (Fsp3) is 0.778. The molecule has 104 valence electrons. The lowest BCUT2D eigenvalue weighted by molar-refractivity contribution is -0.253. The summed E-state index contributed by atoms with van der Waals surface area (Å²) in [5.74, 6) is -2.31. The number of aliphatic hydroxyl groups excluding tert-OH is 4. The number of carbonyl (C=O) groups excluding carboxylic acids is 1. The van der Waals surface area contributed by atoms with Crippen LogP contribution >= 0.6 is 0 Å². The summed E-state index contributed by atoms with van der Waals surface area (Å²) in [6.45, 7) is -0.620. The van der Waals surface area contributed by atoms with Gasteiger partial charge in [-0.05, 0) is 0 Å². The Labute approximate surface area is 102 Å². The predicted molar refractivity (Wildman–Crippen MR) is 54.2 cm³/mol. The van der Waals surface area contributed by atoms with E-state index in [0.29, 0.717) is 0 Å². The highest BCUT2D eigenvalue weighted by Crippen LogP contribution is 2.19. The Morgan fingerprint density at radius 3 is 2.28 bits per heavy atom. The number of nitrogens with one attached hydrogen (secondary N) is 1. The summed E-state index contributed by atoms with van der Waals surface area (Å²) >= 11 is 0. The lowest BCUT2D eigenvalue weighted by Gasteiger charge is -2.40. The van der Waals surface area contributed by atoms with Crippen molar-refractivity contribution in [3.05, 3.63) is 0 Å². The maximum Gasteiger partial charge on any atom is 0.312 e. The van der Waals surface area contributed by atoms with Crippen LogP contribution < -0.4 is 5.32 Å². The molecule has 1 aliphatic rings. The SMILES string of the molecule is O=C(O)CC(=O)NC1C(O)OC(CO)C(O)[C@@H]1O. The zero-order valence-electron chi connectivity index (χ0n) is 9.26. The summed E-state index contributed by atoms with van der Waals surface area (Å²) in [4.78, 5) is 21.4. The molecule has 5 atom stereocenters. The van der Waals surface area contributed by atoms with Gasteiger partial charge in [-0.2, -0.15) is 0 Å². The molecule has 0 bridgehead atoms. The minimum Gasteiger partial charge on any atom is -0.481 e. The quantitative estimate of drug-likeness (QED) is 0.284. The van der Waals surface area contributed by atoms with Crippen LogP contribution in [0.2, 0.25) is 0 Å². The average Bonchev–Trinajstić information content (AvgIpc) is 2.28. The van der Waals surface area contributed by atoms with Gasteiger partial charge in [-0.3, -0.25) is 9.59 Å². The van der Waals surface area contributed by atoms with E-state index in [1.54, 1.807) is 0 Å². The van der Waals surface area contributed by atoms with Gasteiger partial charge in [0.25, 0.3) is 0 Å². The van der Waals surface area contributed by atoms with E-state index in [4.69, 9.17) is 14.9 Å². The monoisotopic (exact) mass is 265 g/mol. The van der Waals surface area contributed by atoms with Crippen molar-refractivity contribution >= 4 is 11.9 Å². The summed E-state index contributed by atoms with van der Waals surface area (Å²) in [6, 6.07) is -1.37. The van der Waals surface area contributed by atoms with Gasteiger partial charge >= 0.3 is 5.97 Å². The van der Waals surface area contributed by atoms with Crippen LogP contribution in [-0.2, 0) is 14.3 Å². The number of carbonyl (C=O) groups is 2. The van der Waals surface area contributed by atoms with Crippen LogP contribution in [0.3, 0.4) is 0 Å². The maximum absolute atomic E-state index is 11.2. The first-order valence-electron chi connectivity index (χ1n) is 5.18. The number of carboxylic acid groups (broad SMARTS) is 1. The highest BCUT2D eigenvalue weighted by molar-refractivity contribution is 5.93. The number of aliphatic hydroxyl groups is 4. The Balaban J connectivity index is 2.65. The predicted octanol–water partition coefficient (Wildman–Crippen LogP) is -3.62. The van der Waals surface area contributed by atoms with E-state index in [9.17, 15) is 24.9 Å². The van der Waals surface area contributed by atoms with Crippen LogP contribution in [0.1, 0.15) is 6.42 Å². The molecule has 1 rings (SSSR count). The fourth-order valence-corrected chi connectivity index (χ4v) is 1.63. The van der Waals surface area contributed by atoms with Gasteiger partial charge in [0.1, 0.15) is 30.8 Å². The van der Waals surface area contributed by atoms with Gasteiger partial charge in [0.05, 0.1) is 6.61 Å². The molecule has 0 aliphatic carbocycles. The fourth-order valence-electron chi connectivity index (χ4n) is 1.63. The Morgan fingerprint density at radius 1 is 1.17 bits per heavy atom. The third-order valence-corrected chi connectivity index (χ3v) is 2.54. The van der Waals surface area contributed by atoms with Crippen LogP contribution in [-0.4, -0.2) is 74.7 Å². The molecule has 0 aromatic heterocycles. The molecule has 6 N–H and O–H groups in total. The molecule has 1 heterocycles. The Morgan fingerprint density at radius 2 is 1.78 bits per heavy atom. The van der Waals surface area contributed by atoms with E-state index >= 15 is 0 Å². The summed E-state index contributed by atoms with van der Waals surface area (Å²) in [7, 11) is 0. The van der Waals surface area contributed by atoms with Crippen LogP contribution in [0.4, 0.5) is 0 Å². The number of rotatable bonds is 4. The molecule has 0 spiro atoms. The molecule has 9 nitrogen and oxygen atoms in total. The molecule has 0 saturated carbocycles. The zero-order valence-corrected chi connectivity index (χ0v) is 9.26. The van der Waals surface area contributed by atoms with Crippen molar-refractivity contribution in [1.82, 2.24) is 5.32 Å². The minimum atomic E-state index is -1.65. The lowest BCUT2D eigenvalue weighted by Crippen LogP contribution is -2.64. The second-order valence-corrected chi connectivity index (χ2v) is 3.89. The largest absolute Gasteiger partial charge is 0.481 e. The first kappa shape index (κ1) is 14.8. The Kier molecular flexibility index (Phi) is 4.99. The van der Waals surface area contributed by atoms with Gasteiger partial charge in [0, 0.05) is 0 Å². The molecule has 0 aromatic rings. The van der Waals surface area contributed by atoms with Gasteiger partial charge in [0.15, 0.2) is 6.29 Å². The van der Waals surface area contributed by atoms with Gasteiger partial charge in [0.2, 0.25) is 5.91 Å². The van der Waals surface area contributed by atoms with Crippen LogP contribution in [0.25, 0.3) is 0 Å². The molecule has 1 aliphatic heterocycles. The normalized spacial score (nSPS) is 36.1. The number of hydrogen-bond donors (Lipinski definition) is 6. The molecule has 1 saturated heterocycles. The molecular weight excluding hydrogens is 250 g/mol. The van der Waals surface area contributed by atoms with Crippen molar-refractivity contribution in [2.45, 2.75) is 37.1 Å². The minimum absolute atomic E-state index is 0.620. The van der Waals surface area contributed by atoms with Crippen molar-refractivity contribution in [3.8, 4) is 0 Å². The summed E-state index contributed by atoms with van der Waals surface area (Å²) < 4.78 is 4.77. The standard InChI is InChI=1S/C9H15NO8/c11-2-3-7(15)8(16)6(9(17)18-3)10-4(12)1-5(13)14/h3,6-9,11,15-17H,1-2H2,(H,10,12)(H,13,14)/t3?,6?,7?,8-,9?/m1/s1. The van der Waals surface area contributed by atoms with Gasteiger partial charge in [-0.25, -0.2) is 0 Å². The van der Waals surface area contributed by atoms with Crippen molar-refractivity contribution in [1.29, 1.82) is 0 Å². The Hall–Kier alpha value is -1.26. The number of amides is 1. The molecule has 18 heavy (non-hydrogen) atoms. The highest BCUT2D eigenvalue weighted by Gasteiger charge is 2.44. The van der Waals surface area contributed by atoms with Gasteiger partial charge in [-0.1, -0.05) is 0 Å². The first-order chi connectivity index (χ1) is 8.36. The van der Waals surface area contributed by atoms with Crippen molar-refractivity contribution in [2.75, 3.05) is 6.61 Å². The molecule has 1 fully saturated rings. The van der Waals surface area contributed by atoms with E-state index in [-0.39, 0.29) is 0 Å². The van der Waals surface area contributed by atoms with Crippen molar-refractivity contribution in [3.63, 3.8) is 0 Å². The maximum atomic E-state index is 11.2. The molecule has 1 amide bonds. The number of hydrogen-bond acceptors (Lipinski definition) is 7. The average molecular weight is 265 g/mol. The number of ether oxygens (including phenoxy) is 1. The van der Waals surface area contributed by atoms with E-state index in [0.717, 1.165) is 0 Å². The van der Waals surface area contributed by atoms with Crippen molar-refractivity contribution in [2.24, 2.45) is 0 Å². The molecule has 9 heteroatoms. The summed E-state index contributed by atoms with van der Waals surface area (Å²) in [5.41, 5.74) is 0. The summed E-state index contributed by atoms with van der Waals surface area (Å²) in [6.07, 6.45) is -6.76. The molecule has 4 unspecified atom stereocenters. The van der Waals surface area contributed by atoms with E-state index in [1.807, 2.05) is 5.32 Å². The number of carboxylic acids is 1. The van der Waals surface area contributed by atoms with Crippen LogP contribution in [0, 0.1) is 0 Å². The van der Waals surface area contributed by atoms with Gasteiger partial charge < -0.3 is 35.6 Å². The highest BCUT2D eigenvalue weighted by atomic mass is 16.6. The lowest BCUT2D eigenvalue weighted by atomic mass is 9.97. The third kappa shape index (κ3) is 3.37. The van der Waals surface area contributed by atoms with E-state index < -0.39 is 55.5 Å². The second-order valence-electron chi connectivity index (χ2n) is 3.89. The molecule has 0 aromatic carbocycles. The molecular formula is C9H15NO8. The van der Waals surface area contributed by atoms with Crippen molar-refractivity contribution < 1.29 is 39.9 Å².